The molecule has 0 bridgehead atoms. The van der Waals surface area contributed by atoms with Gasteiger partial charge in [0.2, 0.25) is 5.91 Å². The maximum atomic E-state index is 11.1. The summed E-state index contributed by atoms with van der Waals surface area (Å²) >= 11 is 0. The molecule has 1 N–H and O–H groups in total. The summed E-state index contributed by atoms with van der Waals surface area (Å²) in [6, 6.07) is 0. The Labute approximate surface area is 66.2 Å². The third-order valence-electron chi connectivity index (χ3n) is 1.72. The number of hydrogen-bond donors (Lipinski definition) is 1. The van der Waals surface area contributed by atoms with E-state index in [9.17, 15) is 4.79 Å². The van der Waals surface area contributed by atoms with E-state index in [0.29, 0.717) is 0 Å². The van der Waals surface area contributed by atoms with Crippen molar-refractivity contribution in [1.82, 2.24) is 5.43 Å². The van der Waals surface area contributed by atoms with Gasteiger partial charge in [0.1, 0.15) is 0 Å². The molecule has 60 valence electrons. The first-order valence-corrected chi connectivity index (χ1v) is 3.68. The first-order chi connectivity index (χ1) is 5.24. The fourth-order valence-electron chi connectivity index (χ4n) is 1.13. The number of carbonyl (C=O) groups is 1. The summed E-state index contributed by atoms with van der Waals surface area (Å²) in [5.41, 5.74) is 3.45. The Kier molecular flexibility index (Phi) is 2.41. The van der Waals surface area contributed by atoms with Crippen LogP contribution in [-0.2, 0) is 4.79 Å². The second-order valence-electron chi connectivity index (χ2n) is 2.75. The highest BCUT2D eigenvalue weighted by Crippen LogP contribution is 2.13. The molecule has 0 aromatic carbocycles. The van der Waals surface area contributed by atoms with E-state index in [2.05, 4.69) is 17.1 Å². The monoisotopic (exact) mass is 152 g/mol. The molecule has 0 saturated heterocycles. The molecule has 11 heavy (non-hydrogen) atoms. The quantitative estimate of drug-likeness (QED) is 0.591. The molecule has 1 aliphatic rings. The molecule has 0 unspecified atom stereocenters. The molecule has 0 aromatic heterocycles. The molecule has 1 heterocycles. The molecular formula is C8H12N2O. The van der Waals surface area contributed by atoms with Crippen LogP contribution in [0.3, 0.4) is 0 Å². The Balaban J connectivity index is 2.59. The fourth-order valence-corrected chi connectivity index (χ4v) is 1.13. The second kappa shape index (κ2) is 3.32. The van der Waals surface area contributed by atoms with Crippen LogP contribution in [0, 0.1) is 5.92 Å². The number of nitrogens with zero attached hydrogens (tertiary/aromatic N) is 1. The van der Waals surface area contributed by atoms with Crippen molar-refractivity contribution in [2.75, 3.05) is 0 Å². The number of amides is 1. The lowest BCUT2D eigenvalue weighted by Gasteiger charge is -2.17. The van der Waals surface area contributed by atoms with Crippen LogP contribution in [0.2, 0.25) is 0 Å². The van der Waals surface area contributed by atoms with Gasteiger partial charge < -0.3 is 0 Å². The minimum Gasteiger partial charge on any atom is -0.273 e. The Morgan fingerprint density at radius 1 is 1.91 bits per heavy atom. The largest absolute Gasteiger partial charge is 0.273 e. The lowest BCUT2D eigenvalue weighted by Crippen LogP contribution is -2.33. The zero-order valence-electron chi connectivity index (χ0n) is 6.63. The van der Waals surface area contributed by atoms with Gasteiger partial charge in [-0.25, -0.2) is 5.43 Å². The zero-order chi connectivity index (χ0) is 8.27. The van der Waals surface area contributed by atoms with Crippen LogP contribution < -0.4 is 5.43 Å². The van der Waals surface area contributed by atoms with E-state index in [1.807, 2.05) is 6.92 Å². The third-order valence-corrected chi connectivity index (χ3v) is 1.72. The van der Waals surface area contributed by atoms with E-state index in [1.165, 1.54) is 0 Å². The predicted octanol–water partition coefficient (Wildman–Crippen LogP) is 1.07. The highest BCUT2D eigenvalue weighted by molar-refractivity contribution is 5.92. The fraction of sp³-hybridized carbons (Fsp3) is 0.500. The average Bonchev–Trinajstić information content (AvgIpc) is 1.98. The number of allylic oxidation sites excluding steroid dienone is 1. The third kappa shape index (κ3) is 1.90. The van der Waals surface area contributed by atoms with Gasteiger partial charge in [-0.3, -0.25) is 4.79 Å². The maximum Gasteiger partial charge on any atom is 0.243 e. The van der Waals surface area contributed by atoms with Gasteiger partial charge in [0, 0.05) is 11.6 Å². The molecule has 1 rings (SSSR count). The summed E-state index contributed by atoms with van der Waals surface area (Å²) in [7, 11) is 0. The first-order valence-electron chi connectivity index (χ1n) is 3.68. The molecule has 0 aliphatic carbocycles. The minimum atomic E-state index is 0.00972. The SMILES string of the molecule is C=CC[C@@H]1CC(C)=NNC1=O. The van der Waals surface area contributed by atoms with Gasteiger partial charge in [0.15, 0.2) is 0 Å². The van der Waals surface area contributed by atoms with E-state index in [0.717, 1.165) is 18.6 Å². The van der Waals surface area contributed by atoms with Crippen molar-refractivity contribution >= 4 is 11.6 Å². The number of hydrazone groups is 1. The lowest BCUT2D eigenvalue weighted by atomic mass is 9.97. The molecule has 0 spiro atoms. The van der Waals surface area contributed by atoms with Crippen LogP contribution in [0.1, 0.15) is 19.8 Å². The topological polar surface area (TPSA) is 41.5 Å². The van der Waals surface area contributed by atoms with Gasteiger partial charge in [0.25, 0.3) is 0 Å². The molecule has 3 heteroatoms. The molecular weight excluding hydrogens is 140 g/mol. The number of carbonyl (C=O) groups excluding carboxylic acids is 1. The Morgan fingerprint density at radius 2 is 2.64 bits per heavy atom. The maximum absolute atomic E-state index is 11.1. The van der Waals surface area contributed by atoms with Crippen molar-refractivity contribution in [3.8, 4) is 0 Å². The lowest BCUT2D eigenvalue weighted by molar-refractivity contribution is -0.125. The molecule has 1 atom stereocenters. The van der Waals surface area contributed by atoms with Gasteiger partial charge in [0.05, 0.1) is 0 Å². The van der Waals surface area contributed by atoms with E-state index in [4.69, 9.17) is 0 Å². The molecule has 1 amide bonds. The molecule has 1 aliphatic heterocycles. The van der Waals surface area contributed by atoms with Crippen LogP contribution in [-0.4, -0.2) is 11.6 Å². The Morgan fingerprint density at radius 3 is 3.27 bits per heavy atom. The van der Waals surface area contributed by atoms with Gasteiger partial charge >= 0.3 is 0 Å². The molecule has 3 nitrogen and oxygen atoms in total. The minimum absolute atomic E-state index is 0.00972. The Hall–Kier alpha value is -1.12. The van der Waals surface area contributed by atoms with E-state index in [-0.39, 0.29) is 11.8 Å². The Bertz CT molecular complexity index is 208. The van der Waals surface area contributed by atoms with Crippen LogP contribution in [0.25, 0.3) is 0 Å². The van der Waals surface area contributed by atoms with Crippen molar-refractivity contribution in [2.45, 2.75) is 19.8 Å². The highest BCUT2D eigenvalue weighted by Gasteiger charge is 2.20. The van der Waals surface area contributed by atoms with E-state index < -0.39 is 0 Å². The summed E-state index contributed by atoms with van der Waals surface area (Å²) < 4.78 is 0. The van der Waals surface area contributed by atoms with Crippen LogP contribution in [0.4, 0.5) is 0 Å². The zero-order valence-corrected chi connectivity index (χ0v) is 6.63. The van der Waals surface area contributed by atoms with E-state index >= 15 is 0 Å². The summed E-state index contributed by atoms with van der Waals surface area (Å²) in [6.07, 6.45) is 3.26. The summed E-state index contributed by atoms with van der Waals surface area (Å²) in [4.78, 5) is 11.1. The standard InChI is InChI=1S/C8H12N2O/c1-3-4-7-5-6(2)9-10-8(7)11/h3,7H,1,4-5H2,2H3,(H,10,11)/t7-/m1/s1. The number of rotatable bonds is 2. The average molecular weight is 152 g/mol. The van der Waals surface area contributed by atoms with Gasteiger partial charge in [-0.15, -0.1) is 6.58 Å². The molecule has 0 radical (unpaired) electrons. The number of nitrogens with one attached hydrogen (secondary N) is 1. The smallest absolute Gasteiger partial charge is 0.243 e. The van der Waals surface area contributed by atoms with Crippen molar-refractivity contribution in [3.63, 3.8) is 0 Å². The van der Waals surface area contributed by atoms with Crippen LogP contribution >= 0.6 is 0 Å². The van der Waals surface area contributed by atoms with E-state index in [1.54, 1.807) is 6.08 Å². The molecule has 0 fully saturated rings. The van der Waals surface area contributed by atoms with Gasteiger partial charge in [-0.05, 0) is 19.8 Å². The van der Waals surface area contributed by atoms with Crippen molar-refractivity contribution in [2.24, 2.45) is 11.0 Å². The van der Waals surface area contributed by atoms with Crippen LogP contribution in [0.5, 0.6) is 0 Å². The predicted molar refractivity (Wildman–Crippen MR) is 44.2 cm³/mol. The first kappa shape index (κ1) is 7.98. The molecule has 0 saturated carbocycles. The summed E-state index contributed by atoms with van der Waals surface area (Å²) in [5, 5.41) is 3.83. The van der Waals surface area contributed by atoms with Gasteiger partial charge in [-0.2, -0.15) is 5.10 Å². The highest BCUT2D eigenvalue weighted by atomic mass is 16.2. The van der Waals surface area contributed by atoms with Gasteiger partial charge in [-0.1, -0.05) is 6.08 Å². The number of hydrogen-bond acceptors (Lipinski definition) is 2. The molecule has 0 aromatic rings. The van der Waals surface area contributed by atoms with Crippen molar-refractivity contribution in [3.05, 3.63) is 12.7 Å². The van der Waals surface area contributed by atoms with Crippen molar-refractivity contribution < 1.29 is 4.79 Å². The van der Waals surface area contributed by atoms with Crippen LogP contribution in [0.15, 0.2) is 17.8 Å². The van der Waals surface area contributed by atoms with Crippen molar-refractivity contribution in [1.29, 1.82) is 0 Å². The second-order valence-corrected chi connectivity index (χ2v) is 2.75. The summed E-state index contributed by atoms with van der Waals surface area (Å²) in [6.45, 7) is 5.51. The summed E-state index contributed by atoms with van der Waals surface area (Å²) in [5.74, 6) is 0.0560. The normalized spacial score (nSPS) is 23.9.